The minimum atomic E-state index is -0.715. The van der Waals surface area contributed by atoms with Crippen LogP contribution in [0, 0.1) is 17.6 Å². The van der Waals surface area contributed by atoms with Crippen LogP contribution in [0.1, 0.15) is 65.4 Å². The van der Waals surface area contributed by atoms with Crippen LogP contribution in [0.15, 0.2) is 70.6 Å². The Morgan fingerprint density at radius 3 is 2.41 bits per heavy atom. The minimum Gasteiger partial charge on any atom is -0.348 e. The molecule has 3 aliphatic heterocycles. The third-order valence-electron chi connectivity index (χ3n) is 10.3. The van der Waals surface area contributed by atoms with Gasteiger partial charge in [0.2, 0.25) is 0 Å². The van der Waals surface area contributed by atoms with E-state index in [9.17, 15) is 28.0 Å². The van der Waals surface area contributed by atoms with E-state index in [0.717, 1.165) is 49.3 Å². The van der Waals surface area contributed by atoms with Crippen LogP contribution in [0.5, 0.6) is 0 Å². The molecule has 1 unspecified atom stereocenters. The summed E-state index contributed by atoms with van der Waals surface area (Å²) in [6, 6.07) is 9.72. The number of rotatable bonds is 6. The molecule has 49 heavy (non-hydrogen) atoms. The second-order valence-electron chi connectivity index (χ2n) is 13.3. The largest absolute Gasteiger partial charge is 0.348 e. The SMILES string of the molecule is O=C(NC1CN2CCC1CC2)c1cccc(-n2c(=O)n([C@H]3CC[C@@H](NC(=O)c4cn5cc(F)ccc5n4)CC3)c(=O)c3cc(F)cnc32)c1. The predicted molar refractivity (Wildman–Crippen MR) is 176 cm³/mol. The van der Waals surface area contributed by atoms with Crippen LogP contribution in [-0.2, 0) is 0 Å². The van der Waals surface area contributed by atoms with Crippen molar-refractivity contribution in [3.63, 3.8) is 0 Å². The molecule has 0 spiro atoms. The number of fused-ring (bicyclic) bond motifs is 5. The van der Waals surface area contributed by atoms with E-state index < -0.39 is 34.8 Å². The smallest absolute Gasteiger partial charge is 0.337 e. The first kappa shape index (κ1) is 31.1. The zero-order valence-electron chi connectivity index (χ0n) is 26.5. The molecule has 12 nitrogen and oxygen atoms in total. The molecule has 14 heteroatoms. The number of nitrogens with zero attached hydrogens (tertiary/aromatic N) is 6. The van der Waals surface area contributed by atoms with Crippen molar-refractivity contribution in [3.8, 4) is 5.69 Å². The topological polar surface area (TPSA) is 136 Å². The summed E-state index contributed by atoms with van der Waals surface area (Å²) < 4.78 is 31.9. The highest BCUT2D eigenvalue weighted by Gasteiger charge is 2.35. The van der Waals surface area contributed by atoms with Crippen molar-refractivity contribution in [1.29, 1.82) is 0 Å². The van der Waals surface area contributed by atoms with Crippen LogP contribution < -0.4 is 21.9 Å². The van der Waals surface area contributed by atoms with Gasteiger partial charge in [-0.3, -0.25) is 19.0 Å². The molecule has 1 aliphatic carbocycles. The second kappa shape index (κ2) is 12.3. The van der Waals surface area contributed by atoms with E-state index in [0.29, 0.717) is 48.5 Å². The number of hydrogen-bond acceptors (Lipinski definition) is 7. The lowest BCUT2D eigenvalue weighted by atomic mass is 9.84. The summed E-state index contributed by atoms with van der Waals surface area (Å²) in [4.78, 5) is 65.1. The van der Waals surface area contributed by atoms with Crippen molar-refractivity contribution in [2.24, 2.45) is 5.92 Å². The number of carbonyl (C=O) groups excluding carboxylic acids is 2. The zero-order chi connectivity index (χ0) is 33.8. The minimum absolute atomic E-state index is 0.00381. The van der Waals surface area contributed by atoms with E-state index in [1.807, 2.05) is 0 Å². The third kappa shape index (κ3) is 5.79. The normalized spacial score (nSPS) is 23.5. The van der Waals surface area contributed by atoms with Gasteiger partial charge in [-0.05, 0) is 93.9 Å². The molecular weight excluding hydrogens is 634 g/mol. The van der Waals surface area contributed by atoms with E-state index in [2.05, 4.69) is 25.5 Å². The molecule has 3 saturated heterocycles. The van der Waals surface area contributed by atoms with Gasteiger partial charge in [0.15, 0.2) is 5.65 Å². The number of aromatic nitrogens is 5. The Bertz CT molecular complexity index is 2230. The average molecular weight is 669 g/mol. The summed E-state index contributed by atoms with van der Waals surface area (Å²) in [5.74, 6) is -1.38. The molecule has 2 N–H and O–H groups in total. The maximum Gasteiger partial charge on any atom is 0.337 e. The van der Waals surface area contributed by atoms with Crippen LogP contribution in [0.2, 0.25) is 0 Å². The number of amides is 2. The third-order valence-corrected chi connectivity index (χ3v) is 10.3. The Kier molecular flexibility index (Phi) is 7.82. The first-order chi connectivity index (χ1) is 23.7. The molecule has 7 heterocycles. The van der Waals surface area contributed by atoms with Gasteiger partial charge in [-0.2, -0.15) is 0 Å². The highest BCUT2D eigenvalue weighted by molar-refractivity contribution is 5.95. The standard InChI is InChI=1S/C35H34F2N8O4/c36-22-4-9-30-40-29(19-43(30)17-22)33(47)39-24-5-7-25(8-6-24)45-34(48)27-15-23(37)16-38-31(27)44(35(45)49)26-3-1-2-21(14-26)32(46)41-28-18-42-12-10-20(28)11-13-42/h1-4,9,14-17,19-20,24-25,28H,5-8,10-13,18H2,(H,39,47)(H,41,46)/t24-,25+,28?. The van der Waals surface area contributed by atoms with E-state index in [-0.39, 0.29) is 34.7 Å². The van der Waals surface area contributed by atoms with Gasteiger partial charge in [0.25, 0.3) is 17.4 Å². The number of imidazole rings is 1. The molecule has 9 rings (SSSR count). The van der Waals surface area contributed by atoms with E-state index in [1.165, 1.54) is 33.5 Å². The number of hydrogen-bond donors (Lipinski definition) is 2. The number of pyridine rings is 2. The molecule has 252 valence electrons. The summed E-state index contributed by atoms with van der Waals surface area (Å²) in [5.41, 5.74) is -0.0154. The van der Waals surface area contributed by atoms with Gasteiger partial charge < -0.3 is 19.9 Å². The molecule has 4 fully saturated rings. The summed E-state index contributed by atoms with van der Waals surface area (Å²) in [5, 5.41) is 6.08. The van der Waals surface area contributed by atoms with Gasteiger partial charge in [-0.1, -0.05) is 6.07 Å². The molecule has 4 aliphatic rings. The lowest BCUT2D eigenvalue weighted by Crippen LogP contribution is -2.57. The van der Waals surface area contributed by atoms with E-state index in [1.54, 1.807) is 24.3 Å². The van der Waals surface area contributed by atoms with Crippen LogP contribution >= 0.6 is 0 Å². The fourth-order valence-corrected chi connectivity index (χ4v) is 7.72. The van der Waals surface area contributed by atoms with Gasteiger partial charge in [0, 0.05) is 42.6 Å². The van der Waals surface area contributed by atoms with Gasteiger partial charge in [-0.25, -0.2) is 28.1 Å². The number of halogens is 2. The zero-order valence-corrected chi connectivity index (χ0v) is 26.5. The van der Waals surface area contributed by atoms with Crippen LogP contribution in [0.4, 0.5) is 8.78 Å². The van der Waals surface area contributed by atoms with Crippen molar-refractivity contribution in [1.82, 2.24) is 39.0 Å². The Morgan fingerprint density at radius 2 is 1.65 bits per heavy atom. The summed E-state index contributed by atoms with van der Waals surface area (Å²) >= 11 is 0. The maximum atomic E-state index is 14.5. The quantitative estimate of drug-likeness (QED) is 0.284. The lowest BCUT2D eigenvalue weighted by Gasteiger charge is -2.44. The number of piperidine rings is 3. The second-order valence-corrected chi connectivity index (χ2v) is 13.3. The average Bonchev–Trinajstić information content (AvgIpc) is 3.54. The number of carbonyl (C=O) groups is 2. The van der Waals surface area contributed by atoms with Crippen molar-refractivity contribution >= 4 is 28.5 Å². The Hall–Kier alpha value is -5.24. The molecule has 0 radical (unpaired) electrons. The Morgan fingerprint density at radius 1 is 0.857 bits per heavy atom. The Balaban J connectivity index is 1.05. The first-order valence-electron chi connectivity index (χ1n) is 16.6. The van der Waals surface area contributed by atoms with Gasteiger partial charge in [0.1, 0.15) is 23.0 Å². The summed E-state index contributed by atoms with van der Waals surface area (Å²) in [6.07, 6.45) is 7.49. The molecule has 1 atom stereocenters. The van der Waals surface area contributed by atoms with Crippen LogP contribution in [0.3, 0.4) is 0 Å². The highest BCUT2D eigenvalue weighted by atomic mass is 19.1. The maximum absolute atomic E-state index is 14.5. The fourth-order valence-electron chi connectivity index (χ4n) is 7.72. The lowest BCUT2D eigenvalue weighted by molar-refractivity contribution is 0.0620. The Labute approximate surface area is 278 Å². The molecule has 4 aromatic heterocycles. The van der Waals surface area contributed by atoms with Crippen LogP contribution in [-0.4, -0.2) is 71.9 Å². The monoisotopic (exact) mass is 668 g/mol. The van der Waals surface area contributed by atoms with Crippen molar-refractivity contribution in [3.05, 3.63) is 105 Å². The molecule has 2 amide bonds. The highest BCUT2D eigenvalue weighted by Crippen LogP contribution is 2.29. The van der Waals surface area contributed by atoms with Gasteiger partial charge >= 0.3 is 5.69 Å². The number of nitrogens with one attached hydrogen (secondary N) is 2. The molecular formula is C35H34F2N8O4. The van der Waals surface area contributed by atoms with Gasteiger partial charge in [0.05, 0.1) is 17.3 Å². The fraction of sp³-hybridized carbons (Fsp3) is 0.371. The van der Waals surface area contributed by atoms with E-state index in [4.69, 9.17) is 0 Å². The van der Waals surface area contributed by atoms with Crippen molar-refractivity contribution < 1.29 is 18.4 Å². The molecule has 1 saturated carbocycles. The first-order valence-corrected chi connectivity index (χ1v) is 16.6. The summed E-state index contributed by atoms with van der Waals surface area (Å²) in [6.45, 7) is 2.91. The van der Waals surface area contributed by atoms with Crippen molar-refractivity contribution in [2.75, 3.05) is 19.6 Å². The predicted octanol–water partition coefficient (Wildman–Crippen LogP) is 3.21. The van der Waals surface area contributed by atoms with Gasteiger partial charge in [-0.15, -0.1) is 0 Å². The van der Waals surface area contributed by atoms with Crippen LogP contribution in [0.25, 0.3) is 22.4 Å². The summed E-state index contributed by atoms with van der Waals surface area (Å²) in [7, 11) is 0. The van der Waals surface area contributed by atoms with Crippen molar-refractivity contribution in [2.45, 2.75) is 56.7 Å². The number of benzene rings is 1. The molecule has 1 aromatic carbocycles. The molecule has 2 bridgehead atoms. The van der Waals surface area contributed by atoms with E-state index >= 15 is 0 Å². The molecule has 5 aromatic rings.